The monoisotopic (exact) mass is 236 g/mol. The summed E-state index contributed by atoms with van der Waals surface area (Å²) >= 11 is 0. The molecule has 5 nitrogen and oxygen atoms in total. The average Bonchev–Trinajstić information content (AvgIpc) is 2.69. The molecule has 0 amide bonds. The maximum atomic E-state index is 5.57. The molecule has 92 valence electrons. The molecular formula is C12H16N2O3. The number of methoxy groups -OCH3 is 2. The van der Waals surface area contributed by atoms with Gasteiger partial charge in [-0.1, -0.05) is 0 Å². The molecule has 1 aromatic carbocycles. The first-order chi connectivity index (χ1) is 8.09. The van der Waals surface area contributed by atoms with Crippen molar-refractivity contribution in [3.63, 3.8) is 0 Å². The number of nitrogens with zero attached hydrogens (tertiary/aromatic N) is 1. The largest absolute Gasteiger partial charge is 0.497 e. The molecule has 17 heavy (non-hydrogen) atoms. The van der Waals surface area contributed by atoms with E-state index in [-0.39, 0.29) is 6.02 Å². The number of amidine groups is 1. The smallest absolute Gasteiger partial charge is 0.283 e. The normalized spacial score (nSPS) is 22.9. The fourth-order valence-electron chi connectivity index (χ4n) is 1.90. The molecule has 1 unspecified atom stereocenters. The third-order valence-corrected chi connectivity index (χ3v) is 2.84. The number of benzene rings is 1. The van der Waals surface area contributed by atoms with Crippen LogP contribution in [0.5, 0.6) is 11.5 Å². The highest BCUT2D eigenvalue weighted by Crippen LogP contribution is 2.38. The van der Waals surface area contributed by atoms with Crippen LogP contribution in [0.15, 0.2) is 23.2 Å². The maximum absolute atomic E-state index is 5.57. The number of rotatable bonds is 3. The first kappa shape index (κ1) is 11.6. The van der Waals surface area contributed by atoms with Gasteiger partial charge in [0.2, 0.25) is 0 Å². The van der Waals surface area contributed by atoms with Gasteiger partial charge < -0.3 is 19.9 Å². The summed E-state index contributed by atoms with van der Waals surface area (Å²) in [6.07, 6.45) is 0. The van der Waals surface area contributed by atoms with Gasteiger partial charge in [0.25, 0.3) is 6.02 Å². The Morgan fingerprint density at radius 2 is 2.12 bits per heavy atom. The van der Waals surface area contributed by atoms with Gasteiger partial charge in [-0.2, -0.15) is 0 Å². The lowest BCUT2D eigenvalue weighted by Gasteiger charge is -2.22. The number of nitrogens with two attached hydrogens (primary N) is 1. The number of ether oxygens (including phenoxy) is 3. The molecule has 5 heteroatoms. The van der Waals surface area contributed by atoms with Crippen molar-refractivity contribution in [3.05, 3.63) is 23.8 Å². The first-order valence-corrected chi connectivity index (χ1v) is 5.30. The van der Waals surface area contributed by atoms with Gasteiger partial charge in [-0.25, -0.2) is 4.99 Å². The Kier molecular flexibility index (Phi) is 2.83. The Morgan fingerprint density at radius 1 is 1.35 bits per heavy atom. The maximum Gasteiger partial charge on any atom is 0.283 e. The topological polar surface area (TPSA) is 66.1 Å². The highest BCUT2D eigenvalue weighted by Gasteiger charge is 2.35. The van der Waals surface area contributed by atoms with E-state index in [1.807, 2.05) is 25.1 Å². The molecule has 2 N–H and O–H groups in total. The van der Waals surface area contributed by atoms with Gasteiger partial charge in [-0.3, -0.25) is 0 Å². The van der Waals surface area contributed by atoms with E-state index in [1.54, 1.807) is 14.2 Å². The van der Waals surface area contributed by atoms with Crippen molar-refractivity contribution < 1.29 is 14.2 Å². The van der Waals surface area contributed by atoms with Crippen molar-refractivity contribution in [2.24, 2.45) is 10.7 Å². The number of hydrogen-bond donors (Lipinski definition) is 1. The Bertz CT molecular complexity index is 459. The highest BCUT2D eigenvalue weighted by molar-refractivity contribution is 5.74. The van der Waals surface area contributed by atoms with E-state index in [0.717, 1.165) is 17.1 Å². The molecule has 1 aliphatic rings. The van der Waals surface area contributed by atoms with Gasteiger partial charge in [0, 0.05) is 5.56 Å². The van der Waals surface area contributed by atoms with Crippen LogP contribution < -0.4 is 15.2 Å². The van der Waals surface area contributed by atoms with Gasteiger partial charge in [0.15, 0.2) is 0 Å². The molecule has 0 saturated heterocycles. The minimum atomic E-state index is -0.524. The van der Waals surface area contributed by atoms with Gasteiger partial charge in [-0.15, -0.1) is 0 Å². The van der Waals surface area contributed by atoms with Crippen molar-refractivity contribution >= 4 is 6.02 Å². The lowest BCUT2D eigenvalue weighted by molar-refractivity contribution is 0.261. The van der Waals surface area contributed by atoms with E-state index in [9.17, 15) is 0 Å². The first-order valence-electron chi connectivity index (χ1n) is 5.30. The Morgan fingerprint density at radius 3 is 2.65 bits per heavy atom. The fraction of sp³-hybridized carbons (Fsp3) is 0.417. The molecule has 0 saturated carbocycles. The van der Waals surface area contributed by atoms with E-state index in [2.05, 4.69) is 4.99 Å². The van der Waals surface area contributed by atoms with Crippen molar-refractivity contribution in [1.82, 2.24) is 0 Å². The van der Waals surface area contributed by atoms with Crippen LogP contribution in [0.4, 0.5) is 0 Å². The van der Waals surface area contributed by atoms with Crippen LogP contribution in [0.3, 0.4) is 0 Å². The van der Waals surface area contributed by atoms with Gasteiger partial charge in [-0.05, 0) is 25.1 Å². The summed E-state index contributed by atoms with van der Waals surface area (Å²) in [5.41, 5.74) is 5.94. The SMILES string of the molecule is COc1ccc(OC)c(C2(C)COC(N)=N2)c1. The number of aliphatic imine (C=N–C) groups is 1. The second-order valence-electron chi connectivity index (χ2n) is 4.08. The summed E-state index contributed by atoms with van der Waals surface area (Å²) < 4.78 is 15.8. The van der Waals surface area contributed by atoms with E-state index in [4.69, 9.17) is 19.9 Å². The summed E-state index contributed by atoms with van der Waals surface area (Å²) in [5.74, 6) is 1.50. The summed E-state index contributed by atoms with van der Waals surface area (Å²) in [7, 11) is 3.24. The zero-order valence-corrected chi connectivity index (χ0v) is 10.2. The van der Waals surface area contributed by atoms with Crippen LogP contribution in [0.1, 0.15) is 12.5 Å². The van der Waals surface area contributed by atoms with Crippen LogP contribution in [-0.4, -0.2) is 26.8 Å². The van der Waals surface area contributed by atoms with Gasteiger partial charge in [0.05, 0.1) is 14.2 Å². The standard InChI is InChI=1S/C12H16N2O3/c1-12(7-17-11(13)14-12)9-6-8(15-2)4-5-10(9)16-3/h4-6H,7H2,1-3H3,(H2,13,14). The molecule has 0 aliphatic carbocycles. The quantitative estimate of drug-likeness (QED) is 0.858. The molecule has 1 aliphatic heterocycles. The van der Waals surface area contributed by atoms with Crippen molar-refractivity contribution in [1.29, 1.82) is 0 Å². The zero-order valence-electron chi connectivity index (χ0n) is 10.2. The highest BCUT2D eigenvalue weighted by atomic mass is 16.5. The van der Waals surface area contributed by atoms with E-state index < -0.39 is 5.54 Å². The van der Waals surface area contributed by atoms with E-state index >= 15 is 0 Å². The average molecular weight is 236 g/mol. The fourth-order valence-corrected chi connectivity index (χ4v) is 1.90. The molecule has 1 aromatic rings. The van der Waals surface area contributed by atoms with Crippen LogP contribution in [0.2, 0.25) is 0 Å². The lowest BCUT2D eigenvalue weighted by atomic mass is 9.93. The molecule has 0 radical (unpaired) electrons. The van der Waals surface area contributed by atoms with Crippen LogP contribution in [0.25, 0.3) is 0 Å². The molecule has 0 fully saturated rings. The van der Waals surface area contributed by atoms with Gasteiger partial charge >= 0.3 is 0 Å². The minimum Gasteiger partial charge on any atom is -0.497 e. The predicted octanol–water partition coefficient (Wildman–Crippen LogP) is 1.26. The van der Waals surface area contributed by atoms with Crippen LogP contribution in [-0.2, 0) is 10.3 Å². The second kappa shape index (κ2) is 4.16. The van der Waals surface area contributed by atoms with Crippen molar-refractivity contribution in [2.75, 3.05) is 20.8 Å². The predicted molar refractivity (Wildman–Crippen MR) is 64.5 cm³/mol. The molecule has 2 rings (SSSR count). The van der Waals surface area contributed by atoms with Crippen molar-refractivity contribution in [2.45, 2.75) is 12.5 Å². The van der Waals surface area contributed by atoms with Crippen LogP contribution >= 0.6 is 0 Å². The molecule has 0 spiro atoms. The molecule has 1 heterocycles. The molecule has 0 aromatic heterocycles. The molecular weight excluding hydrogens is 220 g/mol. The van der Waals surface area contributed by atoms with Crippen LogP contribution in [0, 0.1) is 0 Å². The van der Waals surface area contributed by atoms with Crippen molar-refractivity contribution in [3.8, 4) is 11.5 Å². The summed E-state index contributed by atoms with van der Waals surface area (Å²) in [6.45, 7) is 2.35. The molecule has 0 bridgehead atoms. The van der Waals surface area contributed by atoms with Gasteiger partial charge in [0.1, 0.15) is 23.6 Å². The third-order valence-electron chi connectivity index (χ3n) is 2.84. The Hall–Kier alpha value is -1.91. The minimum absolute atomic E-state index is 0.206. The number of hydrogen-bond acceptors (Lipinski definition) is 5. The third kappa shape index (κ3) is 2.00. The molecule has 1 atom stereocenters. The second-order valence-corrected chi connectivity index (χ2v) is 4.08. The van der Waals surface area contributed by atoms with E-state index in [1.165, 1.54) is 0 Å². The summed E-state index contributed by atoms with van der Waals surface area (Å²) in [5, 5.41) is 0. The summed E-state index contributed by atoms with van der Waals surface area (Å²) in [4.78, 5) is 4.31. The zero-order chi connectivity index (χ0) is 12.5. The lowest BCUT2D eigenvalue weighted by Crippen LogP contribution is -2.21. The van der Waals surface area contributed by atoms with E-state index in [0.29, 0.717) is 6.61 Å². The Labute approximate surface area is 100 Å². The Balaban J connectivity index is 2.49. The summed E-state index contributed by atoms with van der Waals surface area (Å²) in [6, 6.07) is 5.79.